The predicted molar refractivity (Wildman–Crippen MR) is 76.5 cm³/mol. The van der Waals surface area contributed by atoms with Crippen LogP contribution < -0.4 is 4.83 Å². The second-order valence-corrected chi connectivity index (χ2v) is 6.87. The summed E-state index contributed by atoms with van der Waals surface area (Å²) in [6, 6.07) is 2.45. The number of benzene rings is 1. The molecule has 6 nitrogen and oxygen atoms in total. The van der Waals surface area contributed by atoms with Gasteiger partial charge in [0.15, 0.2) is 0 Å². The Morgan fingerprint density at radius 3 is 2.48 bits per heavy atom. The zero-order valence-electron chi connectivity index (χ0n) is 12.1. The number of sulfonamides is 1. The van der Waals surface area contributed by atoms with Crippen LogP contribution in [0, 0.1) is 12.7 Å². The van der Waals surface area contributed by atoms with E-state index in [9.17, 15) is 12.8 Å². The first-order valence-corrected chi connectivity index (χ1v) is 8.17. The van der Waals surface area contributed by atoms with Gasteiger partial charge < -0.3 is 10.0 Å². The number of halogens is 1. The van der Waals surface area contributed by atoms with Gasteiger partial charge in [-0.1, -0.05) is 0 Å². The molecular weight excluding hydrogens is 297 g/mol. The summed E-state index contributed by atoms with van der Waals surface area (Å²) < 4.78 is 38.6. The summed E-state index contributed by atoms with van der Waals surface area (Å²) in [4.78, 5) is 4.45. The molecule has 0 saturated carbocycles. The highest BCUT2D eigenvalue weighted by molar-refractivity contribution is 7.89. The Bertz CT molecular complexity index is 613. The van der Waals surface area contributed by atoms with E-state index in [2.05, 4.69) is 9.73 Å². The van der Waals surface area contributed by atoms with Gasteiger partial charge in [-0.2, -0.15) is 0 Å². The van der Waals surface area contributed by atoms with Gasteiger partial charge in [0.2, 0.25) is 0 Å². The average molecular weight is 317 g/mol. The van der Waals surface area contributed by atoms with Crippen LogP contribution in [0.5, 0.6) is 0 Å². The van der Waals surface area contributed by atoms with E-state index >= 15 is 0 Å². The molecule has 0 unspecified atom stereocenters. The first-order chi connectivity index (χ1) is 9.83. The normalized spacial score (nSPS) is 18.1. The Balaban J connectivity index is 2.25. The molecule has 1 aromatic carbocycles. The van der Waals surface area contributed by atoms with Crippen LogP contribution in [0.1, 0.15) is 11.1 Å². The number of rotatable bonds is 4. The van der Waals surface area contributed by atoms with E-state index in [4.69, 9.17) is 5.11 Å². The summed E-state index contributed by atoms with van der Waals surface area (Å²) in [5.41, 5.74) is 0.283. The Morgan fingerprint density at radius 1 is 1.29 bits per heavy atom. The fraction of sp³-hybridized carbons (Fsp3) is 0.538. The van der Waals surface area contributed by atoms with Crippen molar-refractivity contribution in [3.8, 4) is 0 Å². The van der Waals surface area contributed by atoms with Crippen LogP contribution in [-0.4, -0.2) is 56.7 Å². The number of aliphatic hydroxyl groups excluding tert-OH is 1. The molecule has 1 heterocycles. The monoisotopic (exact) mass is 317 g/mol. The third-order valence-electron chi connectivity index (χ3n) is 3.58. The molecule has 1 saturated heterocycles. The van der Waals surface area contributed by atoms with Crippen molar-refractivity contribution in [1.29, 1.82) is 0 Å². The topological polar surface area (TPSA) is 72.9 Å². The van der Waals surface area contributed by atoms with Gasteiger partial charge >= 0.3 is 0 Å². The van der Waals surface area contributed by atoms with E-state index in [1.165, 1.54) is 13.0 Å². The minimum Gasteiger partial charge on any atom is -0.392 e. The van der Waals surface area contributed by atoms with Crippen molar-refractivity contribution >= 4 is 10.0 Å². The van der Waals surface area contributed by atoms with Gasteiger partial charge in [0, 0.05) is 31.7 Å². The molecule has 1 fully saturated rings. The van der Waals surface area contributed by atoms with Gasteiger partial charge in [0.25, 0.3) is 10.0 Å². The molecular formula is C13H20FN3O3S. The van der Waals surface area contributed by atoms with Crippen LogP contribution in [0.2, 0.25) is 0 Å². The number of hydrogen-bond acceptors (Lipinski definition) is 5. The standard InChI is InChI=1S/C13H20FN3O3S/c1-10-12(14)7-11(9-18)8-13(10)21(19,20)15-17-5-3-16(2)4-6-17/h7-8,15,18H,3-6,9H2,1-2H3. The van der Waals surface area contributed by atoms with Crippen molar-refractivity contribution in [2.75, 3.05) is 33.2 Å². The summed E-state index contributed by atoms with van der Waals surface area (Å²) >= 11 is 0. The van der Waals surface area contributed by atoms with Crippen LogP contribution in [0.3, 0.4) is 0 Å². The highest BCUT2D eigenvalue weighted by atomic mass is 32.2. The smallest absolute Gasteiger partial charge is 0.253 e. The highest BCUT2D eigenvalue weighted by Crippen LogP contribution is 2.21. The number of likely N-dealkylation sites (N-methyl/N-ethyl adjacent to an activating group) is 1. The van der Waals surface area contributed by atoms with E-state index < -0.39 is 22.4 Å². The Morgan fingerprint density at radius 2 is 1.90 bits per heavy atom. The molecule has 0 spiro atoms. The lowest BCUT2D eigenvalue weighted by Crippen LogP contribution is -2.52. The van der Waals surface area contributed by atoms with Crippen LogP contribution in [0.15, 0.2) is 17.0 Å². The Hall–Kier alpha value is -1.06. The third-order valence-corrected chi connectivity index (χ3v) is 5.08. The fourth-order valence-corrected chi connectivity index (χ4v) is 3.62. The minimum absolute atomic E-state index is 0.0498. The summed E-state index contributed by atoms with van der Waals surface area (Å²) in [5.74, 6) is -0.639. The van der Waals surface area contributed by atoms with E-state index in [1.807, 2.05) is 7.05 Å². The first kappa shape index (κ1) is 16.3. The highest BCUT2D eigenvalue weighted by Gasteiger charge is 2.24. The number of hydrogen-bond donors (Lipinski definition) is 2. The number of hydrazine groups is 1. The van der Waals surface area contributed by atoms with E-state index in [-0.39, 0.29) is 16.0 Å². The summed E-state index contributed by atoms with van der Waals surface area (Å²) in [6.07, 6.45) is 0. The lowest BCUT2D eigenvalue weighted by Gasteiger charge is -2.32. The number of piperazine rings is 1. The lowest BCUT2D eigenvalue weighted by atomic mass is 10.1. The van der Waals surface area contributed by atoms with Crippen LogP contribution in [0.25, 0.3) is 0 Å². The molecule has 0 bridgehead atoms. The van der Waals surface area contributed by atoms with Gasteiger partial charge in [0.05, 0.1) is 11.5 Å². The molecule has 1 aromatic rings. The summed E-state index contributed by atoms with van der Waals surface area (Å²) in [5, 5.41) is 10.7. The lowest BCUT2D eigenvalue weighted by molar-refractivity contribution is 0.135. The van der Waals surface area contributed by atoms with Crippen LogP contribution in [0.4, 0.5) is 4.39 Å². The largest absolute Gasteiger partial charge is 0.392 e. The molecule has 0 aromatic heterocycles. The van der Waals surface area contributed by atoms with Gasteiger partial charge in [-0.15, -0.1) is 4.83 Å². The minimum atomic E-state index is -3.86. The van der Waals surface area contributed by atoms with E-state index in [1.54, 1.807) is 5.01 Å². The van der Waals surface area contributed by atoms with Gasteiger partial charge in [-0.3, -0.25) is 0 Å². The molecule has 0 aliphatic carbocycles. The SMILES string of the molecule is Cc1c(F)cc(CO)cc1S(=O)(=O)NN1CCN(C)CC1. The molecule has 1 aliphatic heterocycles. The van der Waals surface area contributed by atoms with Gasteiger partial charge in [-0.25, -0.2) is 17.8 Å². The van der Waals surface area contributed by atoms with E-state index in [0.717, 1.165) is 19.2 Å². The van der Waals surface area contributed by atoms with Gasteiger partial charge in [0.1, 0.15) is 5.82 Å². The quantitative estimate of drug-likeness (QED) is 0.822. The Labute approximate surface area is 124 Å². The van der Waals surface area contributed by atoms with Crippen molar-refractivity contribution in [2.45, 2.75) is 18.4 Å². The summed E-state index contributed by atoms with van der Waals surface area (Å²) in [6.45, 7) is 3.65. The molecule has 0 atom stereocenters. The first-order valence-electron chi connectivity index (χ1n) is 6.69. The van der Waals surface area contributed by atoms with Gasteiger partial charge in [-0.05, 0) is 31.7 Å². The zero-order valence-corrected chi connectivity index (χ0v) is 13.0. The van der Waals surface area contributed by atoms with Crippen molar-refractivity contribution < 1.29 is 17.9 Å². The molecule has 8 heteroatoms. The van der Waals surface area contributed by atoms with Crippen molar-refractivity contribution in [3.63, 3.8) is 0 Å². The molecule has 118 valence electrons. The fourth-order valence-electron chi connectivity index (χ4n) is 2.19. The van der Waals surface area contributed by atoms with Crippen LogP contribution >= 0.6 is 0 Å². The van der Waals surface area contributed by atoms with Crippen LogP contribution in [-0.2, 0) is 16.6 Å². The van der Waals surface area contributed by atoms with E-state index in [0.29, 0.717) is 13.1 Å². The van der Waals surface area contributed by atoms with Crippen molar-refractivity contribution in [2.24, 2.45) is 0 Å². The van der Waals surface area contributed by atoms with Crippen molar-refractivity contribution in [1.82, 2.24) is 14.7 Å². The molecule has 0 amide bonds. The molecule has 21 heavy (non-hydrogen) atoms. The average Bonchev–Trinajstić information content (AvgIpc) is 2.43. The maximum absolute atomic E-state index is 13.8. The molecule has 2 rings (SSSR count). The number of nitrogens with one attached hydrogen (secondary N) is 1. The molecule has 0 radical (unpaired) electrons. The van der Waals surface area contributed by atoms with Crippen molar-refractivity contribution in [3.05, 3.63) is 29.1 Å². The summed E-state index contributed by atoms with van der Waals surface area (Å²) in [7, 11) is -1.89. The zero-order chi connectivity index (χ0) is 15.6. The molecule has 2 N–H and O–H groups in total. The second-order valence-electron chi connectivity index (χ2n) is 5.24. The Kier molecular flexibility index (Phi) is 4.95. The maximum atomic E-state index is 13.8. The molecule has 1 aliphatic rings. The maximum Gasteiger partial charge on any atom is 0.253 e. The number of nitrogens with zero attached hydrogens (tertiary/aromatic N) is 2. The third kappa shape index (κ3) is 3.78. The second kappa shape index (κ2) is 6.37. The predicted octanol–water partition coefficient (Wildman–Crippen LogP) is 0.0671. The number of aliphatic hydroxyl groups is 1.